The van der Waals surface area contributed by atoms with Crippen LogP contribution in [0.2, 0.25) is 5.02 Å². The zero-order chi connectivity index (χ0) is 15.5. The van der Waals surface area contributed by atoms with Gasteiger partial charge in [0.15, 0.2) is 0 Å². The molecule has 1 amide bonds. The fourth-order valence-corrected chi connectivity index (χ4v) is 2.75. The molecule has 1 aliphatic carbocycles. The zero-order valence-electron chi connectivity index (χ0n) is 12.2. The van der Waals surface area contributed by atoms with Crippen molar-refractivity contribution in [3.63, 3.8) is 0 Å². The molecule has 2 aromatic rings. The molecule has 0 aliphatic heterocycles. The monoisotopic (exact) mass is 315 g/mol. The van der Waals surface area contributed by atoms with Gasteiger partial charge >= 0.3 is 0 Å². The van der Waals surface area contributed by atoms with Crippen molar-refractivity contribution in [3.8, 4) is 16.9 Å². The summed E-state index contributed by atoms with van der Waals surface area (Å²) in [6, 6.07) is 12.1. The van der Waals surface area contributed by atoms with E-state index in [4.69, 9.17) is 11.6 Å². The van der Waals surface area contributed by atoms with Gasteiger partial charge in [0, 0.05) is 22.7 Å². The lowest BCUT2D eigenvalue weighted by molar-refractivity contribution is 0.0939. The van der Waals surface area contributed by atoms with Gasteiger partial charge in [-0.25, -0.2) is 0 Å². The summed E-state index contributed by atoms with van der Waals surface area (Å²) >= 11 is 5.96. The molecule has 0 saturated heterocycles. The third-order valence-electron chi connectivity index (χ3n) is 4.19. The van der Waals surface area contributed by atoms with E-state index in [0.717, 1.165) is 12.1 Å². The highest BCUT2D eigenvalue weighted by molar-refractivity contribution is 6.31. The first-order valence-corrected chi connectivity index (χ1v) is 7.88. The Morgan fingerprint density at radius 2 is 1.91 bits per heavy atom. The number of aromatic hydroxyl groups is 1. The van der Waals surface area contributed by atoms with Gasteiger partial charge in [-0.15, -0.1) is 0 Å². The van der Waals surface area contributed by atoms with Crippen LogP contribution >= 0.6 is 11.6 Å². The molecule has 3 rings (SSSR count). The molecule has 0 aromatic heterocycles. The SMILES string of the molecule is O=C(NCC1CCC1)c1ccc(-c2cc(Cl)ccc2O)cc1. The molecule has 0 bridgehead atoms. The van der Waals surface area contributed by atoms with Gasteiger partial charge in [-0.05, 0) is 54.7 Å². The van der Waals surface area contributed by atoms with Crippen LogP contribution in [-0.4, -0.2) is 17.6 Å². The third-order valence-corrected chi connectivity index (χ3v) is 4.43. The van der Waals surface area contributed by atoms with Crippen LogP contribution < -0.4 is 5.32 Å². The molecule has 1 aliphatic rings. The first kappa shape index (κ1) is 14.9. The standard InChI is InChI=1S/C18H18ClNO2/c19-15-8-9-17(21)16(10-15)13-4-6-14(7-5-13)18(22)20-11-12-2-1-3-12/h4-10,12,21H,1-3,11H2,(H,20,22). The lowest BCUT2D eigenvalue weighted by Gasteiger charge is -2.25. The van der Waals surface area contributed by atoms with Crippen LogP contribution in [-0.2, 0) is 0 Å². The number of benzene rings is 2. The summed E-state index contributed by atoms with van der Waals surface area (Å²) in [5.41, 5.74) is 2.12. The van der Waals surface area contributed by atoms with Gasteiger partial charge in [-0.1, -0.05) is 30.2 Å². The Labute approximate surface area is 134 Å². The molecule has 0 heterocycles. The van der Waals surface area contributed by atoms with Crippen LogP contribution in [0.5, 0.6) is 5.75 Å². The highest BCUT2D eigenvalue weighted by Crippen LogP contribution is 2.31. The van der Waals surface area contributed by atoms with Crippen molar-refractivity contribution in [1.29, 1.82) is 0 Å². The lowest BCUT2D eigenvalue weighted by Crippen LogP contribution is -2.32. The zero-order valence-corrected chi connectivity index (χ0v) is 12.9. The van der Waals surface area contributed by atoms with Crippen LogP contribution in [0.25, 0.3) is 11.1 Å². The van der Waals surface area contributed by atoms with E-state index in [1.165, 1.54) is 19.3 Å². The molecule has 0 atom stereocenters. The molecule has 1 saturated carbocycles. The number of phenolic OH excluding ortho intramolecular Hbond substituents is 1. The van der Waals surface area contributed by atoms with E-state index in [1.54, 1.807) is 30.3 Å². The summed E-state index contributed by atoms with van der Waals surface area (Å²) in [6.45, 7) is 0.760. The van der Waals surface area contributed by atoms with Crippen molar-refractivity contribution in [2.45, 2.75) is 19.3 Å². The summed E-state index contributed by atoms with van der Waals surface area (Å²) in [7, 11) is 0. The quantitative estimate of drug-likeness (QED) is 0.886. The Kier molecular flexibility index (Phi) is 4.34. The number of hydrogen-bond donors (Lipinski definition) is 2. The Balaban J connectivity index is 1.71. The largest absolute Gasteiger partial charge is 0.507 e. The van der Waals surface area contributed by atoms with Crippen LogP contribution in [0.1, 0.15) is 29.6 Å². The number of amides is 1. The molecule has 22 heavy (non-hydrogen) atoms. The van der Waals surface area contributed by atoms with Crippen molar-refractivity contribution in [1.82, 2.24) is 5.32 Å². The predicted octanol–water partition coefficient (Wildman–Crippen LogP) is 4.24. The Hall–Kier alpha value is -2.00. The minimum absolute atomic E-state index is 0.0474. The van der Waals surface area contributed by atoms with Crippen LogP contribution in [0.15, 0.2) is 42.5 Å². The fraction of sp³-hybridized carbons (Fsp3) is 0.278. The van der Waals surface area contributed by atoms with E-state index in [0.29, 0.717) is 22.1 Å². The molecule has 0 radical (unpaired) electrons. The van der Waals surface area contributed by atoms with Crippen LogP contribution in [0.3, 0.4) is 0 Å². The summed E-state index contributed by atoms with van der Waals surface area (Å²) in [4.78, 5) is 12.1. The predicted molar refractivity (Wildman–Crippen MR) is 88.2 cm³/mol. The third kappa shape index (κ3) is 3.25. The average molecular weight is 316 g/mol. The molecule has 2 aromatic carbocycles. The van der Waals surface area contributed by atoms with Gasteiger partial charge in [0.25, 0.3) is 5.91 Å². The summed E-state index contributed by atoms with van der Waals surface area (Å²) in [5.74, 6) is 0.770. The average Bonchev–Trinajstić information content (AvgIpc) is 2.48. The Bertz CT molecular complexity index is 678. The first-order valence-electron chi connectivity index (χ1n) is 7.50. The van der Waals surface area contributed by atoms with E-state index in [2.05, 4.69) is 5.32 Å². The number of phenols is 1. The van der Waals surface area contributed by atoms with Gasteiger partial charge < -0.3 is 10.4 Å². The van der Waals surface area contributed by atoms with Crippen LogP contribution in [0, 0.1) is 5.92 Å². The molecular formula is C18H18ClNO2. The molecule has 0 unspecified atom stereocenters. The second-order valence-corrected chi connectivity index (χ2v) is 6.18. The van der Waals surface area contributed by atoms with Gasteiger partial charge in [0.05, 0.1) is 0 Å². The summed E-state index contributed by atoms with van der Waals surface area (Å²) < 4.78 is 0. The summed E-state index contributed by atoms with van der Waals surface area (Å²) in [6.07, 6.45) is 3.71. The topological polar surface area (TPSA) is 49.3 Å². The molecule has 2 N–H and O–H groups in total. The molecule has 0 spiro atoms. The lowest BCUT2D eigenvalue weighted by atomic mass is 9.85. The molecule has 4 heteroatoms. The van der Waals surface area contributed by atoms with E-state index in [9.17, 15) is 9.90 Å². The minimum atomic E-state index is -0.0474. The molecular weight excluding hydrogens is 298 g/mol. The number of carbonyl (C=O) groups is 1. The minimum Gasteiger partial charge on any atom is -0.507 e. The molecule has 1 fully saturated rings. The number of carbonyl (C=O) groups excluding carboxylic acids is 1. The number of rotatable bonds is 4. The van der Waals surface area contributed by atoms with Gasteiger partial charge in [0.1, 0.15) is 5.75 Å². The number of hydrogen-bond acceptors (Lipinski definition) is 2. The fourth-order valence-electron chi connectivity index (χ4n) is 2.58. The van der Waals surface area contributed by atoms with E-state index < -0.39 is 0 Å². The first-order chi connectivity index (χ1) is 10.6. The maximum absolute atomic E-state index is 12.1. The number of halogens is 1. The van der Waals surface area contributed by atoms with Gasteiger partial charge in [0.2, 0.25) is 0 Å². The van der Waals surface area contributed by atoms with E-state index in [1.807, 2.05) is 12.1 Å². The number of nitrogens with one attached hydrogen (secondary N) is 1. The second-order valence-electron chi connectivity index (χ2n) is 5.75. The molecule has 114 valence electrons. The normalized spacial score (nSPS) is 14.4. The van der Waals surface area contributed by atoms with Crippen molar-refractivity contribution in [3.05, 3.63) is 53.1 Å². The Morgan fingerprint density at radius 3 is 2.55 bits per heavy atom. The highest BCUT2D eigenvalue weighted by atomic mass is 35.5. The smallest absolute Gasteiger partial charge is 0.251 e. The maximum Gasteiger partial charge on any atom is 0.251 e. The Morgan fingerprint density at radius 1 is 1.18 bits per heavy atom. The van der Waals surface area contributed by atoms with E-state index in [-0.39, 0.29) is 11.7 Å². The van der Waals surface area contributed by atoms with Crippen molar-refractivity contribution >= 4 is 17.5 Å². The second kappa shape index (κ2) is 6.41. The van der Waals surface area contributed by atoms with Gasteiger partial charge in [-0.2, -0.15) is 0 Å². The van der Waals surface area contributed by atoms with E-state index >= 15 is 0 Å². The van der Waals surface area contributed by atoms with Crippen molar-refractivity contribution in [2.75, 3.05) is 6.54 Å². The van der Waals surface area contributed by atoms with Crippen LogP contribution in [0.4, 0.5) is 0 Å². The summed E-state index contributed by atoms with van der Waals surface area (Å²) in [5, 5.41) is 13.4. The van der Waals surface area contributed by atoms with Gasteiger partial charge in [-0.3, -0.25) is 4.79 Å². The maximum atomic E-state index is 12.1. The highest BCUT2D eigenvalue weighted by Gasteiger charge is 2.18. The molecule has 3 nitrogen and oxygen atoms in total. The van der Waals surface area contributed by atoms with Crippen molar-refractivity contribution < 1.29 is 9.90 Å². The van der Waals surface area contributed by atoms with Crippen molar-refractivity contribution in [2.24, 2.45) is 5.92 Å².